The predicted molar refractivity (Wildman–Crippen MR) is 56.8 cm³/mol. The standard InChI is InChI=1S/C9H15N5/c1-5-6(2)12-13-9(14(3)4)7(5)8(10)11/h1-4H3,(H3,10,11). The van der Waals surface area contributed by atoms with E-state index >= 15 is 0 Å². The first-order valence-corrected chi connectivity index (χ1v) is 4.30. The third-order valence-corrected chi connectivity index (χ3v) is 2.13. The number of hydrogen-bond acceptors (Lipinski definition) is 4. The van der Waals surface area contributed by atoms with Crippen LogP contribution < -0.4 is 10.6 Å². The van der Waals surface area contributed by atoms with Crippen LogP contribution in [0, 0.1) is 19.3 Å². The number of rotatable bonds is 2. The number of anilines is 1. The molecule has 0 radical (unpaired) electrons. The maximum Gasteiger partial charge on any atom is 0.162 e. The molecule has 0 aliphatic carbocycles. The van der Waals surface area contributed by atoms with E-state index in [1.165, 1.54) is 0 Å². The van der Waals surface area contributed by atoms with Gasteiger partial charge in [0.1, 0.15) is 5.84 Å². The van der Waals surface area contributed by atoms with Crippen molar-refractivity contribution in [2.45, 2.75) is 13.8 Å². The predicted octanol–water partition coefficient (Wildman–Crippen LogP) is 0.444. The SMILES string of the molecule is Cc1nnc(N(C)C)c(C(=N)N)c1C. The molecule has 76 valence electrons. The number of nitrogens with one attached hydrogen (secondary N) is 1. The molecule has 5 nitrogen and oxygen atoms in total. The molecular weight excluding hydrogens is 178 g/mol. The van der Waals surface area contributed by atoms with Gasteiger partial charge in [0.15, 0.2) is 5.82 Å². The molecule has 0 aliphatic rings. The van der Waals surface area contributed by atoms with Gasteiger partial charge in [0.2, 0.25) is 0 Å². The zero-order valence-electron chi connectivity index (χ0n) is 8.92. The summed E-state index contributed by atoms with van der Waals surface area (Å²) in [6, 6.07) is 0. The highest BCUT2D eigenvalue weighted by molar-refractivity contribution is 6.01. The van der Waals surface area contributed by atoms with Crippen LogP contribution in [0.3, 0.4) is 0 Å². The molecule has 1 aromatic rings. The molecule has 0 saturated heterocycles. The number of aromatic nitrogens is 2. The maximum atomic E-state index is 7.49. The van der Waals surface area contributed by atoms with Crippen molar-refractivity contribution < 1.29 is 0 Å². The lowest BCUT2D eigenvalue weighted by atomic mass is 10.1. The van der Waals surface area contributed by atoms with Gasteiger partial charge in [-0.1, -0.05) is 0 Å². The second-order valence-corrected chi connectivity index (χ2v) is 3.42. The van der Waals surface area contributed by atoms with Crippen molar-refractivity contribution in [3.63, 3.8) is 0 Å². The van der Waals surface area contributed by atoms with Crippen LogP contribution in [0.2, 0.25) is 0 Å². The van der Waals surface area contributed by atoms with Gasteiger partial charge in [-0.15, -0.1) is 5.10 Å². The first-order valence-electron chi connectivity index (χ1n) is 4.30. The lowest BCUT2D eigenvalue weighted by molar-refractivity contribution is 0.915. The lowest BCUT2D eigenvalue weighted by Crippen LogP contribution is -2.22. The Morgan fingerprint density at radius 2 is 1.86 bits per heavy atom. The van der Waals surface area contributed by atoms with Crippen LogP contribution in [-0.2, 0) is 0 Å². The van der Waals surface area contributed by atoms with Gasteiger partial charge in [-0.3, -0.25) is 5.41 Å². The normalized spacial score (nSPS) is 10.0. The highest BCUT2D eigenvalue weighted by Crippen LogP contribution is 2.19. The number of nitrogen functional groups attached to an aromatic ring is 1. The zero-order chi connectivity index (χ0) is 10.9. The summed E-state index contributed by atoms with van der Waals surface area (Å²) in [6.07, 6.45) is 0. The molecule has 0 atom stereocenters. The lowest BCUT2D eigenvalue weighted by Gasteiger charge is -2.17. The number of nitrogens with zero attached hydrogens (tertiary/aromatic N) is 3. The van der Waals surface area contributed by atoms with Crippen LogP contribution in [0.25, 0.3) is 0 Å². The molecule has 0 saturated carbocycles. The van der Waals surface area contributed by atoms with Crippen molar-refractivity contribution >= 4 is 11.7 Å². The van der Waals surface area contributed by atoms with Crippen LogP contribution in [0.15, 0.2) is 0 Å². The Hall–Kier alpha value is -1.65. The molecule has 0 bridgehead atoms. The maximum absolute atomic E-state index is 7.49. The van der Waals surface area contributed by atoms with Crippen LogP contribution >= 0.6 is 0 Å². The highest BCUT2D eigenvalue weighted by Gasteiger charge is 2.14. The minimum atomic E-state index is 0.0317. The minimum absolute atomic E-state index is 0.0317. The highest BCUT2D eigenvalue weighted by atomic mass is 15.2. The Morgan fingerprint density at radius 1 is 1.29 bits per heavy atom. The van der Waals surface area contributed by atoms with E-state index in [0.29, 0.717) is 11.4 Å². The molecule has 1 heterocycles. The first kappa shape index (κ1) is 10.4. The van der Waals surface area contributed by atoms with Gasteiger partial charge in [0.05, 0.1) is 11.3 Å². The van der Waals surface area contributed by atoms with Crippen LogP contribution in [0.1, 0.15) is 16.8 Å². The molecule has 0 aromatic carbocycles. The van der Waals surface area contributed by atoms with Gasteiger partial charge < -0.3 is 10.6 Å². The van der Waals surface area contributed by atoms with Crippen molar-refractivity contribution in [1.82, 2.24) is 10.2 Å². The number of aryl methyl sites for hydroxylation is 1. The van der Waals surface area contributed by atoms with Gasteiger partial charge in [0.25, 0.3) is 0 Å². The summed E-state index contributed by atoms with van der Waals surface area (Å²) < 4.78 is 0. The Labute approximate surface area is 83.4 Å². The largest absolute Gasteiger partial charge is 0.384 e. The molecule has 0 amide bonds. The van der Waals surface area contributed by atoms with Crippen molar-refractivity contribution in [1.29, 1.82) is 5.41 Å². The van der Waals surface area contributed by atoms with E-state index in [1.807, 2.05) is 27.9 Å². The van der Waals surface area contributed by atoms with Gasteiger partial charge >= 0.3 is 0 Å². The van der Waals surface area contributed by atoms with E-state index < -0.39 is 0 Å². The van der Waals surface area contributed by atoms with Crippen molar-refractivity contribution in [2.24, 2.45) is 5.73 Å². The molecule has 14 heavy (non-hydrogen) atoms. The summed E-state index contributed by atoms with van der Waals surface area (Å²) in [7, 11) is 3.70. The smallest absolute Gasteiger partial charge is 0.162 e. The monoisotopic (exact) mass is 193 g/mol. The second-order valence-electron chi connectivity index (χ2n) is 3.42. The van der Waals surface area contributed by atoms with Gasteiger partial charge in [-0.05, 0) is 19.4 Å². The van der Waals surface area contributed by atoms with Crippen LogP contribution in [0.4, 0.5) is 5.82 Å². The summed E-state index contributed by atoms with van der Waals surface area (Å²) in [5.74, 6) is 0.671. The van der Waals surface area contributed by atoms with Gasteiger partial charge in [-0.2, -0.15) is 5.10 Å². The Bertz CT molecular complexity index is 370. The molecule has 1 aromatic heterocycles. The van der Waals surface area contributed by atoms with E-state index in [2.05, 4.69) is 10.2 Å². The summed E-state index contributed by atoms with van der Waals surface area (Å²) in [5, 5.41) is 15.5. The molecule has 5 heteroatoms. The molecule has 1 rings (SSSR count). The van der Waals surface area contributed by atoms with E-state index in [1.54, 1.807) is 4.90 Å². The Morgan fingerprint density at radius 3 is 2.29 bits per heavy atom. The molecule has 3 N–H and O–H groups in total. The third kappa shape index (κ3) is 1.66. The fourth-order valence-corrected chi connectivity index (χ4v) is 1.23. The Kier molecular flexibility index (Phi) is 2.69. The van der Waals surface area contributed by atoms with Gasteiger partial charge in [0, 0.05) is 14.1 Å². The molecule has 0 aliphatic heterocycles. The summed E-state index contributed by atoms with van der Waals surface area (Å²) in [4.78, 5) is 1.80. The van der Waals surface area contributed by atoms with Crippen molar-refractivity contribution in [2.75, 3.05) is 19.0 Å². The quantitative estimate of drug-likeness (QED) is 0.527. The fourth-order valence-electron chi connectivity index (χ4n) is 1.23. The minimum Gasteiger partial charge on any atom is -0.384 e. The van der Waals surface area contributed by atoms with Crippen LogP contribution in [0.5, 0.6) is 0 Å². The summed E-state index contributed by atoms with van der Waals surface area (Å²) >= 11 is 0. The number of nitrogens with two attached hydrogens (primary N) is 1. The molecule has 0 spiro atoms. The first-order chi connectivity index (χ1) is 6.45. The molecule has 0 fully saturated rings. The third-order valence-electron chi connectivity index (χ3n) is 2.13. The van der Waals surface area contributed by atoms with E-state index in [0.717, 1.165) is 11.3 Å². The summed E-state index contributed by atoms with van der Waals surface area (Å²) in [5.41, 5.74) is 7.90. The average Bonchev–Trinajstić information content (AvgIpc) is 2.08. The molecule has 0 unspecified atom stereocenters. The van der Waals surface area contributed by atoms with Crippen molar-refractivity contribution in [3.8, 4) is 0 Å². The number of amidine groups is 1. The van der Waals surface area contributed by atoms with E-state index in [9.17, 15) is 0 Å². The van der Waals surface area contributed by atoms with Gasteiger partial charge in [-0.25, -0.2) is 0 Å². The van der Waals surface area contributed by atoms with Crippen molar-refractivity contribution in [3.05, 3.63) is 16.8 Å². The van der Waals surface area contributed by atoms with E-state index in [4.69, 9.17) is 11.1 Å². The topological polar surface area (TPSA) is 78.9 Å². The second kappa shape index (κ2) is 3.61. The Balaban J connectivity index is 3.45. The average molecular weight is 193 g/mol. The van der Waals surface area contributed by atoms with Crippen LogP contribution in [-0.4, -0.2) is 30.1 Å². The molecular formula is C9H15N5. The number of hydrogen-bond donors (Lipinski definition) is 2. The zero-order valence-corrected chi connectivity index (χ0v) is 8.92. The summed E-state index contributed by atoms with van der Waals surface area (Å²) in [6.45, 7) is 3.75. The fraction of sp³-hybridized carbons (Fsp3) is 0.444. The van der Waals surface area contributed by atoms with E-state index in [-0.39, 0.29) is 5.84 Å².